The van der Waals surface area contributed by atoms with E-state index in [0.29, 0.717) is 0 Å². The average Bonchev–Trinajstić information content (AvgIpc) is 2.33. The molecule has 2 N–H and O–H groups in total. The number of hydrogen-bond donors (Lipinski definition) is 2. The predicted molar refractivity (Wildman–Crippen MR) is 39.0 cm³/mol. The molecule has 0 aliphatic rings. The minimum atomic E-state index is -1.05. The Balaban J connectivity index is 2.63. The summed E-state index contributed by atoms with van der Waals surface area (Å²) in [5.41, 5.74) is 0.244. The van der Waals surface area contributed by atoms with Gasteiger partial charge in [0.15, 0.2) is 0 Å². The fraction of sp³-hybridized carbons (Fsp3) is 0.333. The number of hydrogen-bond acceptors (Lipinski definition) is 4. The third-order valence-electron chi connectivity index (χ3n) is 1.22. The van der Waals surface area contributed by atoms with E-state index in [1.165, 1.54) is 6.20 Å². The highest BCUT2D eigenvalue weighted by Crippen LogP contribution is 1.94. The van der Waals surface area contributed by atoms with Gasteiger partial charge in [0.05, 0.1) is 12.1 Å². The summed E-state index contributed by atoms with van der Waals surface area (Å²) in [5, 5.41) is 23.6. The summed E-state index contributed by atoms with van der Waals surface area (Å²) in [6.45, 7) is -0.313. The van der Waals surface area contributed by atoms with E-state index in [1.54, 1.807) is 0 Å². The molecule has 0 saturated heterocycles. The molecule has 0 aliphatic carbocycles. The number of rotatable bonds is 4. The minimum Gasteiger partial charge on any atom is -0.481 e. The van der Waals surface area contributed by atoms with Crippen LogP contribution in [-0.4, -0.2) is 37.1 Å². The molecule has 0 atom stereocenters. The number of nitrogens with zero attached hydrogens (tertiary/aromatic N) is 3. The number of carboxylic acids is 2. The molecule has 0 amide bonds. The first-order valence-corrected chi connectivity index (χ1v) is 3.40. The molecule has 0 spiro atoms. The molecular weight excluding hydrogens is 178 g/mol. The minimum absolute atomic E-state index is 0.244. The first-order chi connectivity index (χ1) is 6.08. The van der Waals surface area contributed by atoms with Gasteiger partial charge in [-0.25, -0.2) is 4.68 Å². The third kappa shape index (κ3) is 2.89. The van der Waals surface area contributed by atoms with E-state index in [0.717, 1.165) is 4.68 Å². The Kier molecular flexibility index (Phi) is 2.58. The van der Waals surface area contributed by atoms with Crippen LogP contribution in [0.5, 0.6) is 0 Å². The summed E-state index contributed by atoms with van der Waals surface area (Å²) in [6, 6.07) is 0. The van der Waals surface area contributed by atoms with Gasteiger partial charge < -0.3 is 10.2 Å². The quantitative estimate of drug-likeness (QED) is 0.622. The lowest BCUT2D eigenvalue weighted by Crippen LogP contribution is -2.09. The van der Waals surface area contributed by atoms with Crippen molar-refractivity contribution in [3.63, 3.8) is 0 Å². The van der Waals surface area contributed by atoms with Gasteiger partial charge in [-0.1, -0.05) is 5.21 Å². The van der Waals surface area contributed by atoms with Crippen molar-refractivity contribution in [3.05, 3.63) is 11.9 Å². The van der Waals surface area contributed by atoms with Crippen molar-refractivity contribution in [1.82, 2.24) is 15.0 Å². The average molecular weight is 185 g/mol. The van der Waals surface area contributed by atoms with Crippen molar-refractivity contribution in [2.24, 2.45) is 0 Å². The van der Waals surface area contributed by atoms with Gasteiger partial charge >= 0.3 is 11.9 Å². The molecular formula is C6H7N3O4. The maximum atomic E-state index is 10.2. The summed E-state index contributed by atoms with van der Waals surface area (Å²) >= 11 is 0. The van der Waals surface area contributed by atoms with Gasteiger partial charge in [-0.15, -0.1) is 5.10 Å². The highest BCUT2D eigenvalue weighted by atomic mass is 16.4. The van der Waals surface area contributed by atoms with Crippen LogP contribution in [0.3, 0.4) is 0 Å². The van der Waals surface area contributed by atoms with Crippen LogP contribution in [0, 0.1) is 0 Å². The van der Waals surface area contributed by atoms with Crippen LogP contribution in [0.25, 0.3) is 0 Å². The maximum absolute atomic E-state index is 10.2. The molecule has 1 rings (SSSR count). The lowest BCUT2D eigenvalue weighted by molar-refractivity contribution is -0.138. The normalized spacial score (nSPS) is 9.85. The van der Waals surface area contributed by atoms with Gasteiger partial charge in [0, 0.05) is 6.20 Å². The second kappa shape index (κ2) is 3.65. The predicted octanol–water partition coefficient (Wildman–Crippen LogP) is -1.01. The second-order valence-corrected chi connectivity index (χ2v) is 2.37. The molecule has 0 unspecified atom stereocenters. The zero-order valence-electron chi connectivity index (χ0n) is 6.54. The van der Waals surface area contributed by atoms with E-state index in [2.05, 4.69) is 10.3 Å². The molecule has 1 aromatic rings. The molecule has 0 fully saturated rings. The molecule has 0 saturated carbocycles. The van der Waals surface area contributed by atoms with Crippen LogP contribution in [-0.2, 0) is 22.6 Å². The van der Waals surface area contributed by atoms with E-state index in [4.69, 9.17) is 10.2 Å². The lowest BCUT2D eigenvalue weighted by Gasteiger charge is -1.90. The highest BCUT2D eigenvalue weighted by molar-refractivity contribution is 5.69. The van der Waals surface area contributed by atoms with Gasteiger partial charge in [0.1, 0.15) is 6.54 Å². The summed E-state index contributed by atoms with van der Waals surface area (Å²) < 4.78 is 1.07. The summed E-state index contributed by atoms with van der Waals surface area (Å²) in [6.07, 6.45) is 1.04. The summed E-state index contributed by atoms with van der Waals surface area (Å²) in [5.74, 6) is -2.07. The molecule has 1 aromatic heterocycles. The van der Waals surface area contributed by atoms with Gasteiger partial charge in [-0.3, -0.25) is 9.59 Å². The Morgan fingerprint density at radius 3 is 2.62 bits per heavy atom. The SMILES string of the molecule is O=C(O)Cc1cn(CC(=O)O)nn1. The molecule has 0 radical (unpaired) electrons. The Morgan fingerprint density at radius 2 is 2.08 bits per heavy atom. The van der Waals surface area contributed by atoms with Gasteiger partial charge in [0.25, 0.3) is 0 Å². The van der Waals surface area contributed by atoms with Gasteiger partial charge in [-0.05, 0) is 0 Å². The smallest absolute Gasteiger partial charge is 0.325 e. The van der Waals surface area contributed by atoms with Crippen molar-refractivity contribution < 1.29 is 19.8 Å². The molecule has 70 valence electrons. The number of aliphatic carboxylic acids is 2. The van der Waals surface area contributed by atoms with Gasteiger partial charge in [-0.2, -0.15) is 0 Å². The van der Waals surface area contributed by atoms with Crippen molar-refractivity contribution in [3.8, 4) is 0 Å². The van der Waals surface area contributed by atoms with Crippen LogP contribution in [0.1, 0.15) is 5.69 Å². The Bertz CT molecular complexity index is 302. The zero-order chi connectivity index (χ0) is 9.84. The monoisotopic (exact) mass is 185 g/mol. The molecule has 13 heavy (non-hydrogen) atoms. The zero-order valence-corrected chi connectivity index (χ0v) is 6.54. The van der Waals surface area contributed by atoms with E-state index >= 15 is 0 Å². The number of carboxylic acid groups (broad SMARTS) is 2. The lowest BCUT2D eigenvalue weighted by atomic mass is 10.3. The van der Waals surface area contributed by atoms with E-state index in [-0.39, 0.29) is 18.7 Å². The molecule has 0 aromatic carbocycles. The first kappa shape index (κ1) is 9.17. The Hall–Kier alpha value is -1.92. The van der Waals surface area contributed by atoms with E-state index in [9.17, 15) is 9.59 Å². The highest BCUT2D eigenvalue weighted by Gasteiger charge is 2.06. The van der Waals surface area contributed by atoms with Crippen LogP contribution in [0.15, 0.2) is 6.20 Å². The van der Waals surface area contributed by atoms with Crippen molar-refractivity contribution in [1.29, 1.82) is 0 Å². The molecule has 1 heterocycles. The fourth-order valence-corrected chi connectivity index (χ4v) is 0.790. The molecule has 0 bridgehead atoms. The number of carbonyl (C=O) groups is 2. The summed E-state index contributed by atoms with van der Waals surface area (Å²) in [4.78, 5) is 20.4. The van der Waals surface area contributed by atoms with E-state index < -0.39 is 11.9 Å². The van der Waals surface area contributed by atoms with Gasteiger partial charge in [0.2, 0.25) is 0 Å². The standard InChI is InChI=1S/C6H7N3O4/c10-5(11)1-4-2-9(8-7-4)3-6(12)13/h2H,1,3H2,(H,10,11)(H,12,13). The largest absolute Gasteiger partial charge is 0.481 e. The molecule has 0 aliphatic heterocycles. The molecule has 7 heteroatoms. The van der Waals surface area contributed by atoms with E-state index in [1.807, 2.05) is 0 Å². The van der Waals surface area contributed by atoms with Crippen LogP contribution < -0.4 is 0 Å². The maximum Gasteiger partial charge on any atom is 0.325 e. The first-order valence-electron chi connectivity index (χ1n) is 3.40. The van der Waals surface area contributed by atoms with Crippen LogP contribution in [0.4, 0.5) is 0 Å². The van der Waals surface area contributed by atoms with Crippen LogP contribution >= 0.6 is 0 Å². The number of aromatic nitrogens is 3. The topological polar surface area (TPSA) is 105 Å². The van der Waals surface area contributed by atoms with Crippen LogP contribution in [0.2, 0.25) is 0 Å². The fourth-order valence-electron chi connectivity index (χ4n) is 0.790. The summed E-state index contributed by atoms with van der Waals surface area (Å²) in [7, 11) is 0. The molecule has 7 nitrogen and oxygen atoms in total. The van der Waals surface area contributed by atoms with Crippen molar-refractivity contribution in [2.45, 2.75) is 13.0 Å². The van der Waals surface area contributed by atoms with Crippen molar-refractivity contribution >= 4 is 11.9 Å². The Morgan fingerprint density at radius 1 is 1.38 bits per heavy atom. The second-order valence-electron chi connectivity index (χ2n) is 2.37. The Labute approximate surface area is 72.6 Å². The third-order valence-corrected chi connectivity index (χ3v) is 1.22. The van der Waals surface area contributed by atoms with Crippen molar-refractivity contribution in [2.75, 3.05) is 0 Å².